The van der Waals surface area contributed by atoms with Crippen LogP contribution in [0.25, 0.3) is 0 Å². The van der Waals surface area contributed by atoms with Gasteiger partial charge in [0.15, 0.2) is 0 Å². The summed E-state index contributed by atoms with van der Waals surface area (Å²) in [4.78, 5) is 11.3. The van der Waals surface area contributed by atoms with E-state index in [1.807, 2.05) is 0 Å². The van der Waals surface area contributed by atoms with Crippen LogP contribution in [0.5, 0.6) is 0 Å². The minimum Gasteiger partial charge on any atom is -0.356 e. The first-order chi connectivity index (χ1) is 8.22. The van der Waals surface area contributed by atoms with Crippen LogP contribution in [-0.2, 0) is 4.79 Å². The van der Waals surface area contributed by atoms with E-state index in [9.17, 15) is 4.79 Å². The van der Waals surface area contributed by atoms with Crippen LogP contribution in [0, 0.1) is 11.8 Å². The van der Waals surface area contributed by atoms with Gasteiger partial charge in [-0.3, -0.25) is 4.79 Å². The Hall–Kier alpha value is -0.570. The van der Waals surface area contributed by atoms with Crippen molar-refractivity contribution in [2.75, 3.05) is 19.6 Å². The molecule has 0 saturated heterocycles. The molecule has 2 N–H and O–H groups in total. The molecule has 0 aromatic rings. The Labute approximate surface area is 106 Å². The Morgan fingerprint density at radius 3 is 2.53 bits per heavy atom. The lowest BCUT2D eigenvalue weighted by Crippen LogP contribution is -2.31. The maximum absolute atomic E-state index is 11.3. The molecule has 0 heterocycles. The minimum absolute atomic E-state index is 0.177. The molecule has 0 aliphatic heterocycles. The largest absolute Gasteiger partial charge is 0.356 e. The molecule has 0 spiro atoms. The summed E-state index contributed by atoms with van der Waals surface area (Å²) in [5.41, 5.74) is 0. The topological polar surface area (TPSA) is 41.1 Å². The molecular formula is C14H28N2O. The van der Waals surface area contributed by atoms with Crippen molar-refractivity contribution in [3.05, 3.63) is 0 Å². The standard InChI is InChI=1S/C14H28N2O/c1-3-9-16-14(17)8-10-15-11-13-6-4-12(2)5-7-13/h12-13,15H,3-11H2,1-2H3,(H,16,17). The molecule has 1 saturated carbocycles. The van der Waals surface area contributed by atoms with Crippen LogP contribution < -0.4 is 10.6 Å². The van der Waals surface area contributed by atoms with Crippen molar-refractivity contribution < 1.29 is 4.79 Å². The van der Waals surface area contributed by atoms with Gasteiger partial charge in [0.05, 0.1) is 0 Å². The van der Waals surface area contributed by atoms with Crippen molar-refractivity contribution in [3.63, 3.8) is 0 Å². The van der Waals surface area contributed by atoms with Crippen molar-refractivity contribution in [2.45, 2.75) is 52.4 Å². The molecule has 1 aliphatic rings. The zero-order valence-electron chi connectivity index (χ0n) is 11.4. The molecular weight excluding hydrogens is 212 g/mol. The van der Waals surface area contributed by atoms with Gasteiger partial charge in [-0.15, -0.1) is 0 Å². The fourth-order valence-electron chi connectivity index (χ4n) is 2.39. The highest BCUT2D eigenvalue weighted by molar-refractivity contribution is 5.75. The van der Waals surface area contributed by atoms with Gasteiger partial charge in [0.1, 0.15) is 0 Å². The second-order valence-corrected chi connectivity index (χ2v) is 5.43. The van der Waals surface area contributed by atoms with Crippen molar-refractivity contribution in [2.24, 2.45) is 11.8 Å². The summed E-state index contributed by atoms with van der Waals surface area (Å²) in [7, 11) is 0. The second kappa shape index (κ2) is 8.51. The molecule has 17 heavy (non-hydrogen) atoms. The summed E-state index contributed by atoms with van der Waals surface area (Å²) in [5.74, 6) is 1.94. The molecule has 0 aromatic heterocycles. The quantitative estimate of drug-likeness (QED) is 0.671. The highest BCUT2D eigenvalue weighted by Crippen LogP contribution is 2.27. The average Bonchev–Trinajstić information content (AvgIpc) is 2.34. The fourth-order valence-corrected chi connectivity index (χ4v) is 2.39. The summed E-state index contributed by atoms with van der Waals surface area (Å²) < 4.78 is 0. The first-order valence-electron chi connectivity index (χ1n) is 7.19. The second-order valence-electron chi connectivity index (χ2n) is 5.43. The van der Waals surface area contributed by atoms with Crippen LogP contribution in [0.4, 0.5) is 0 Å². The third-order valence-electron chi connectivity index (χ3n) is 3.67. The zero-order chi connectivity index (χ0) is 12.5. The van der Waals surface area contributed by atoms with Crippen LogP contribution in [0.1, 0.15) is 52.4 Å². The third-order valence-corrected chi connectivity index (χ3v) is 3.67. The SMILES string of the molecule is CCCNC(=O)CCNCC1CCC(C)CC1. The molecule has 0 unspecified atom stereocenters. The Morgan fingerprint density at radius 2 is 1.88 bits per heavy atom. The van der Waals surface area contributed by atoms with E-state index >= 15 is 0 Å². The van der Waals surface area contributed by atoms with Gasteiger partial charge in [-0.25, -0.2) is 0 Å². The van der Waals surface area contributed by atoms with Gasteiger partial charge in [-0.05, 0) is 37.6 Å². The van der Waals surface area contributed by atoms with Crippen molar-refractivity contribution in [3.8, 4) is 0 Å². The van der Waals surface area contributed by atoms with Gasteiger partial charge in [0, 0.05) is 19.5 Å². The van der Waals surface area contributed by atoms with Gasteiger partial charge in [0.25, 0.3) is 0 Å². The van der Waals surface area contributed by atoms with Gasteiger partial charge < -0.3 is 10.6 Å². The summed E-state index contributed by atoms with van der Waals surface area (Å²) in [6.45, 7) is 7.14. The van der Waals surface area contributed by atoms with Crippen LogP contribution in [-0.4, -0.2) is 25.5 Å². The minimum atomic E-state index is 0.177. The molecule has 0 aromatic carbocycles. The van der Waals surface area contributed by atoms with Crippen LogP contribution in [0.2, 0.25) is 0 Å². The van der Waals surface area contributed by atoms with Gasteiger partial charge in [0.2, 0.25) is 5.91 Å². The molecule has 0 bridgehead atoms. The van der Waals surface area contributed by atoms with E-state index in [4.69, 9.17) is 0 Å². The summed E-state index contributed by atoms with van der Waals surface area (Å²) in [6.07, 6.45) is 7.10. The fraction of sp³-hybridized carbons (Fsp3) is 0.929. The lowest BCUT2D eigenvalue weighted by atomic mass is 9.83. The number of rotatable bonds is 7. The molecule has 1 fully saturated rings. The Kier molecular flexibility index (Phi) is 7.25. The number of carbonyl (C=O) groups excluding carboxylic acids is 1. The van der Waals surface area contributed by atoms with Crippen molar-refractivity contribution in [1.82, 2.24) is 10.6 Å². The smallest absolute Gasteiger partial charge is 0.221 e. The van der Waals surface area contributed by atoms with E-state index in [-0.39, 0.29) is 5.91 Å². The normalized spacial score (nSPS) is 24.6. The monoisotopic (exact) mass is 240 g/mol. The number of hydrogen-bond donors (Lipinski definition) is 2. The predicted molar refractivity (Wildman–Crippen MR) is 71.9 cm³/mol. The molecule has 0 atom stereocenters. The number of nitrogens with one attached hydrogen (secondary N) is 2. The number of hydrogen-bond acceptors (Lipinski definition) is 2. The van der Waals surface area contributed by atoms with Crippen molar-refractivity contribution >= 4 is 5.91 Å². The maximum atomic E-state index is 11.3. The Morgan fingerprint density at radius 1 is 1.18 bits per heavy atom. The molecule has 1 amide bonds. The lowest BCUT2D eigenvalue weighted by molar-refractivity contribution is -0.120. The molecule has 1 aliphatic carbocycles. The average molecular weight is 240 g/mol. The van der Waals surface area contributed by atoms with Crippen LogP contribution in [0.15, 0.2) is 0 Å². The molecule has 3 heteroatoms. The zero-order valence-corrected chi connectivity index (χ0v) is 11.4. The van der Waals surface area contributed by atoms with E-state index in [0.29, 0.717) is 6.42 Å². The number of amides is 1. The maximum Gasteiger partial charge on any atom is 0.221 e. The Balaban J connectivity index is 1.95. The highest BCUT2D eigenvalue weighted by atomic mass is 16.1. The van der Waals surface area contributed by atoms with Crippen molar-refractivity contribution in [1.29, 1.82) is 0 Å². The predicted octanol–water partition coefficient (Wildman–Crippen LogP) is 2.32. The van der Waals surface area contributed by atoms with Crippen LogP contribution >= 0.6 is 0 Å². The third kappa shape index (κ3) is 6.67. The van der Waals surface area contributed by atoms with Crippen LogP contribution in [0.3, 0.4) is 0 Å². The van der Waals surface area contributed by atoms with Gasteiger partial charge in [-0.1, -0.05) is 26.7 Å². The van der Waals surface area contributed by atoms with E-state index in [1.165, 1.54) is 25.7 Å². The van der Waals surface area contributed by atoms with E-state index < -0.39 is 0 Å². The molecule has 100 valence electrons. The first-order valence-corrected chi connectivity index (χ1v) is 7.19. The lowest BCUT2D eigenvalue weighted by Gasteiger charge is -2.26. The summed E-state index contributed by atoms with van der Waals surface area (Å²) in [6, 6.07) is 0. The Bertz CT molecular complexity index is 210. The van der Waals surface area contributed by atoms with E-state index in [1.54, 1.807) is 0 Å². The highest BCUT2D eigenvalue weighted by Gasteiger charge is 2.17. The van der Waals surface area contributed by atoms with E-state index in [2.05, 4.69) is 24.5 Å². The van der Waals surface area contributed by atoms with Gasteiger partial charge in [-0.2, -0.15) is 0 Å². The summed E-state index contributed by atoms with van der Waals surface area (Å²) in [5, 5.41) is 6.31. The van der Waals surface area contributed by atoms with Gasteiger partial charge >= 0.3 is 0 Å². The molecule has 3 nitrogen and oxygen atoms in total. The first kappa shape index (κ1) is 14.5. The van der Waals surface area contributed by atoms with E-state index in [0.717, 1.165) is 37.9 Å². The molecule has 0 radical (unpaired) electrons. The number of carbonyl (C=O) groups is 1. The summed E-state index contributed by atoms with van der Waals surface area (Å²) >= 11 is 0. The molecule has 1 rings (SSSR count).